The van der Waals surface area contributed by atoms with Crippen molar-refractivity contribution in [1.82, 2.24) is 9.55 Å². The number of carbonyl (C=O) groups excluding carboxylic acids is 1. The minimum Gasteiger partial charge on any atom is -0.372 e. The van der Waals surface area contributed by atoms with Crippen LogP contribution in [0.15, 0.2) is 79.3 Å². The monoisotopic (exact) mass is 447 g/mol. The Hall–Kier alpha value is -3.15. The highest BCUT2D eigenvalue weighted by Crippen LogP contribution is 2.27. The standard InChI is InChI=1S/C26H26ClN3O2/c1-18(32-16-19-6-3-2-4-7-19)25(30-15-24(26(28)31)29-17-30)13-10-20-8-5-9-21-14-22(27)11-12-23(20)21/h2-9,11-12,14-15,17-18,25H,10,13,16H2,1H3,(H2,28,31). The number of rotatable bonds is 9. The summed E-state index contributed by atoms with van der Waals surface area (Å²) in [4.78, 5) is 15.7. The largest absolute Gasteiger partial charge is 0.372 e. The van der Waals surface area contributed by atoms with Crippen molar-refractivity contribution in [3.8, 4) is 0 Å². The van der Waals surface area contributed by atoms with Crippen molar-refractivity contribution in [2.24, 2.45) is 5.73 Å². The minimum atomic E-state index is -0.536. The lowest BCUT2D eigenvalue weighted by Crippen LogP contribution is -2.24. The van der Waals surface area contributed by atoms with E-state index in [1.807, 2.05) is 47.0 Å². The number of aromatic nitrogens is 2. The van der Waals surface area contributed by atoms with Crippen LogP contribution in [0.25, 0.3) is 10.8 Å². The molecular weight excluding hydrogens is 422 g/mol. The molecule has 6 heteroatoms. The maximum Gasteiger partial charge on any atom is 0.268 e. The summed E-state index contributed by atoms with van der Waals surface area (Å²) >= 11 is 6.17. The van der Waals surface area contributed by atoms with E-state index in [0.29, 0.717) is 6.61 Å². The number of amides is 1. The average Bonchev–Trinajstić information content (AvgIpc) is 3.28. The van der Waals surface area contributed by atoms with E-state index in [2.05, 4.69) is 36.2 Å². The molecule has 0 saturated carbocycles. The quantitative estimate of drug-likeness (QED) is 0.364. The molecule has 2 N–H and O–H groups in total. The zero-order valence-electron chi connectivity index (χ0n) is 17.9. The van der Waals surface area contributed by atoms with Gasteiger partial charge in [-0.15, -0.1) is 0 Å². The summed E-state index contributed by atoms with van der Waals surface area (Å²) in [5.41, 5.74) is 8.04. The molecule has 4 aromatic rings. The molecule has 164 valence electrons. The number of halogens is 1. The van der Waals surface area contributed by atoms with Crippen molar-refractivity contribution in [1.29, 1.82) is 0 Å². The van der Waals surface area contributed by atoms with Crippen LogP contribution in [0.4, 0.5) is 0 Å². The van der Waals surface area contributed by atoms with E-state index in [0.717, 1.165) is 28.8 Å². The van der Waals surface area contributed by atoms with Crippen LogP contribution in [0.5, 0.6) is 0 Å². The SMILES string of the molecule is CC(OCc1ccccc1)C(CCc1cccc2cc(Cl)ccc12)n1cnc(C(N)=O)c1. The van der Waals surface area contributed by atoms with Crippen molar-refractivity contribution in [3.63, 3.8) is 0 Å². The Kier molecular flexibility index (Phi) is 6.88. The fourth-order valence-corrected chi connectivity index (χ4v) is 4.21. The van der Waals surface area contributed by atoms with Gasteiger partial charge < -0.3 is 15.0 Å². The Morgan fingerprint density at radius 1 is 1.12 bits per heavy atom. The molecule has 0 fully saturated rings. The summed E-state index contributed by atoms with van der Waals surface area (Å²) in [5.74, 6) is -0.536. The second-order valence-corrected chi connectivity index (χ2v) is 8.40. The van der Waals surface area contributed by atoms with Gasteiger partial charge in [0.2, 0.25) is 0 Å². The first-order chi connectivity index (χ1) is 15.5. The van der Waals surface area contributed by atoms with Gasteiger partial charge in [0.1, 0.15) is 5.69 Å². The van der Waals surface area contributed by atoms with Gasteiger partial charge in [0.25, 0.3) is 5.91 Å². The number of nitrogens with two attached hydrogens (primary N) is 1. The predicted octanol–water partition coefficient (Wildman–Crippen LogP) is 5.57. The maximum absolute atomic E-state index is 11.6. The molecule has 2 atom stereocenters. The number of nitrogens with zero attached hydrogens (tertiary/aromatic N) is 2. The highest BCUT2D eigenvalue weighted by Gasteiger charge is 2.22. The Labute approximate surface area is 192 Å². The number of ether oxygens (including phenoxy) is 1. The average molecular weight is 448 g/mol. The van der Waals surface area contributed by atoms with Crippen molar-refractivity contribution < 1.29 is 9.53 Å². The zero-order chi connectivity index (χ0) is 22.5. The highest BCUT2D eigenvalue weighted by molar-refractivity contribution is 6.31. The number of fused-ring (bicyclic) bond motifs is 1. The van der Waals surface area contributed by atoms with Gasteiger partial charge in [0, 0.05) is 11.2 Å². The van der Waals surface area contributed by atoms with Crippen LogP contribution < -0.4 is 5.73 Å². The van der Waals surface area contributed by atoms with Crippen molar-refractivity contribution >= 4 is 28.3 Å². The van der Waals surface area contributed by atoms with E-state index in [4.69, 9.17) is 22.1 Å². The molecule has 1 amide bonds. The lowest BCUT2D eigenvalue weighted by molar-refractivity contribution is 0.0149. The summed E-state index contributed by atoms with van der Waals surface area (Å²) in [6.45, 7) is 2.57. The van der Waals surface area contributed by atoms with Gasteiger partial charge in [-0.05, 0) is 53.8 Å². The molecular formula is C26H26ClN3O2. The highest BCUT2D eigenvalue weighted by atomic mass is 35.5. The van der Waals surface area contributed by atoms with Crippen molar-refractivity contribution in [2.75, 3.05) is 0 Å². The van der Waals surface area contributed by atoms with Crippen LogP contribution in [-0.2, 0) is 17.8 Å². The fraction of sp³-hybridized carbons (Fsp3) is 0.231. The lowest BCUT2D eigenvalue weighted by atomic mass is 9.97. The number of primary amides is 1. The summed E-state index contributed by atoms with van der Waals surface area (Å²) in [6, 6.07) is 22.3. The smallest absolute Gasteiger partial charge is 0.268 e. The molecule has 4 rings (SSSR count). The van der Waals surface area contributed by atoms with Gasteiger partial charge in [0.15, 0.2) is 0 Å². The predicted molar refractivity (Wildman–Crippen MR) is 128 cm³/mol. The van der Waals surface area contributed by atoms with Gasteiger partial charge in [-0.3, -0.25) is 4.79 Å². The van der Waals surface area contributed by atoms with Crippen LogP contribution in [-0.4, -0.2) is 21.6 Å². The van der Waals surface area contributed by atoms with Crippen molar-refractivity contribution in [3.05, 3.63) is 101 Å². The summed E-state index contributed by atoms with van der Waals surface area (Å²) in [6.07, 6.45) is 4.92. The lowest BCUT2D eigenvalue weighted by Gasteiger charge is -2.26. The third-order valence-corrected chi connectivity index (χ3v) is 6.01. The van der Waals surface area contributed by atoms with Crippen LogP contribution in [0, 0.1) is 0 Å². The van der Waals surface area contributed by atoms with E-state index in [1.165, 1.54) is 10.9 Å². The molecule has 0 aliphatic heterocycles. The Balaban J connectivity index is 1.55. The Bertz CT molecular complexity index is 1210. The second-order valence-electron chi connectivity index (χ2n) is 7.96. The van der Waals surface area contributed by atoms with Gasteiger partial charge in [-0.25, -0.2) is 4.98 Å². The molecule has 1 aromatic heterocycles. The third kappa shape index (κ3) is 5.18. The molecule has 2 unspecified atom stereocenters. The Morgan fingerprint density at radius 2 is 1.94 bits per heavy atom. The van der Waals surface area contributed by atoms with Crippen molar-refractivity contribution in [2.45, 2.75) is 38.5 Å². The first kappa shape index (κ1) is 22.1. The molecule has 0 aliphatic carbocycles. The number of benzene rings is 3. The second kappa shape index (κ2) is 9.98. The molecule has 5 nitrogen and oxygen atoms in total. The molecule has 0 aliphatic rings. The van der Waals surface area contributed by atoms with E-state index >= 15 is 0 Å². The summed E-state index contributed by atoms with van der Waals surface area (Å²) < 4.78 is 8.17. The number of imidazole rings is 1. The first-order valence-electron chi connectivity index (χ1n) is 10.7. The molecule has 0 bridgehead atoms. The van der Waals surface area contributed by atoms with E-state index in [9.17, 15) is 4.79 Å². The molecule has 0 radical (unpaired) electrons. The number of carbonyl (C=O) groups is 1. The molecule has 32 heavy (non-hydrogen) atoms. The number of hydrogen-bond donors (Lipinski definition) is 1. The summed E-state index contributed by atoms with van der Waals surface area (Å²) in [5, 5.41) is 3.04. The Morgan fingerprint density at radius 3 is 2.69 bits per heavy atom. The van der Waals surface area contributed by atoms with Crippen LogP contribution in [0.1, 0.15) is 41.0 Å². The zero-order valence-corrected chi connectivity index (χ0v) is 18.7. The maximum atomic E-state index is 11.6. The minimum absolute atomic E-state index is 0.0122. The van der Waals surface area contributed by atoms with Crippen LogP contribution in [0.3, 0.4) is 0 Å². The molecule has 3 aromatic carbocycles. The first-order valence-corrected chi connectivity index (χ1v) is 11.0. The summed E-state index contributed by atoms with van der Waals surface area (Å²) in [7, 11) is 0. The molecule has 0 saturated heterocycles. The van der Waals surface area contributed by atoms with Crippen LogP contribution >= 0.6 is 11.6 Å². The normalized spacial score (nSPS) is 13.2. The fourth-order valence-electron chi connectivity index (χ4n) is 4.03. The molecule has 1 heterocycles. The van der Waals surface area contributed by atoms with Gasteiger partial charge >= 0.3 is 0 Å². The van der Waals surface area contributed by atoms with E-state index in [-0.39, 0.29) is 17.8 Å². The van der Waals surface area contributed by atoms with Gasteiger partial charge in [-0.1, -0.05) is 66.2 Å². The number of aryl methyl sites for hydroxylation is 1. The van der Waals surface area contributed by atoms with E-state index in [1.54, 1.807) is 12.5 Å². The van der Waals surface area contributed by atoms with Crippen LogP contribution in [0.2, 0.25) is 5.02 Å². The topological polar surface area (TPSA) is 70.1 Å². The molecule has 0 spiro atoms. The van der Waals surface area contributed by atoms with Gasteiger partial charge in [-0.2, -0.15) is 0 Å². The number of hydrogen-bond acceptors (Lipinski definition) is 3. The third-order valence-electron chi connectivity index (χ3n) is 5.78. The van der Waals surface area contributed by atoms with Gasteiger partial charge in [0.05, 0.1) is 25.1 Å². The van der Waals surface area contributed by atoms with E-state index < -0.39 is 5.91 Å².